The molecule has 0 bridgehead atoms. The highest BCUT2D eigenvalue weighted by Crippen LogP contribution is 2.38. The van der Waals surface area contributed by atoms with Gasteiger partial charge in [0.2, 0.25) is 0 Å². The number of ether oxygens (including phenoxy) is 2. The van der Waals surface area contributed by atoms with Crippen LogP contribution in [0.5, 0.6) is 11.5 Å². The summed E-state index contributed by atoms with van der Waals surface area (Å²) >= 11 is 1.67. The molecule has 0 aliphatic carbocycles. The molecule has 0 atom stereocenters. The molecule has 0 heterocycles. The van der Waals surface area contributed by atoms with E-state index in [0.717, 1.165) is 22.8 Å². The van der Waals surface area contributed by atoms with Gasteiger partial charge in [-0.2, -0.15) is 0 Å². The van der Waals surface area contributed by atoms with Gasteiger partial charge in [0.05, 0.1) is 18.1 Å². The van der Waals surface area contributed by atoms with Gasteiger partial charge in [-0.05, 0) is 50.8 Å². The first-order valence-corrected chi connectivity index (χ1v) is 7.15. The average Bonchev–Trinajstić information content (AvgIpc) is 2.33. The number of hydrogen-bond donors (Lipinski definition) is 1. The summed E-state index contributed by atoms with van der Waals surface area (Å²) < 4.78 is 11.3. The van der Waals surface area contributed by atoms with Gasteiger partial charge in [-0.3, -0.25) is 0 Å². The van der Waals surface area contributed by atoms with Crippen molar-refractivity contribution in [3.05, 3.63) is 17.7 Å². The molecule has 2 N–H and O–H groups in total. The molecule has 0 unspecified atom stereocenters. The van der Waals surface area contributed by atoms with Gasteiger partial charge in [0.1, 0.15) is 0 Å². The van der Waals surface area contributed by atoms with E-state index in [1.165, 1.54) is 5.56 Å². The molecule has 0 aliphatic rings. The number of nitrogens with two attached hydrogens (primary N) is 1. The molecule has 0 saturated heterocycles. The van der Waals surface area contributed by atoms with Gasteiger partial charge < -0.3 is 15.2 Å². The Labute approximate surface area is 120 Å². The molecule has 1 rings (SSSR count). The molecule has 0 spiro atoms. The second-order valence-electron chi connectivity index (χ2n) is 3.53. The van der Waals surface area contributed by atoms with E-state index in [2.05, 4.69) is 6.07 Å². The fraction of sp³-hybridized carbons (Fsp3) is 0.538. The van der Waals surface area contributed by atoms with Crippen molar-refractivity contribution in [1.82, 2.24) is 0 Å². The highest BCUT2D eigenvalue weighted by molar-refractivity contribution is 7.98. The van der Waals surface area contributed by atoms with Crippen molar-refractivity contribution in [2.24, 2.45) is 5.73 Å². The maximum absolute atomic E-state index is 5.67. The smallest absolute Gasteiger partial charge is 0.174 e. The van der Waals surface area contributed by atoms with Crippen LogP contribution in [0.2, 0.25) is 0 Å². The van der Waals surface area contributed by atoms with Gasteiger partial charge in [-0.15, -0.1) is 24.2 Å². The first-order valence-electron chi connectivity index (χ1n) is 5.93. The molecule has 1 aromatic carbocycles. The monoisotopic (exact) mass is 291 g/mol. The highest BCUT2D eigenvalue weighted by Gasteiger charge is 2.12. The van der Waals surface area contributed by atoms with Crippen LogP contribution in [-0.2, 0) is 6.42 Å². The summed E-state index contributed by atoms with van der Waals surface area (Å²) in [5.74, 6) is 1.67. The summed E-state index contributed by atoms with van der Waals surface area (Å²) in [6, 6.07) is 4.16. The summed E-state index contributed by atoms with van der Waals surface area (Å²) in [5.41, 5.74) is 6.79. The Morgan fingerprint density at radius 1 is 1.17 bits per heavy atom. The van der Waals surface area contributed by atoms with Gasteiger partial charge >= 0.3 is 0 Å². The van der Waals surface area contributed by atoms with Gasteiger partial charge in [0.25, 0.3) is 0 Å². The van der Waals surface area contributed by atoms with Gasteiger partial charge in [-0.25, -0.2) is 0 Å². The maximum Gasteiger partial charge on any atom is 0.174 e. The zero-order valence-electron chi connectivity index (χ0n) is 11.2. The topological polar surface area (TPSA) is 44.5 Å². The summed E-state index contributed by atoms with van der Waals surface area (Å²) in [7, 11) is 0. The lowest BCUT2D eigenvalue weighted by molar-refractivity contribution is 0.282. The molecule has 0 radical (unpaired) electrons. The van der Waals surface area contributed by atoms with Gasteiger partial charge in [-0.1, -0.05) is 0 Å². The molecule has 3 nitrogen and oxygen atoms in total. The van der Waals surface area contributed by atoms with Crippen molar-refractivity contribution in [3.63, 3.8) is 0 Å². The lowest BCUT2D eigenvalue weighted by Crippen LogP contribution is -2.05. The zero-order chi connectivity index (χ0) is 12.7. The van der Waals surface area contributed by atoms with E-state index in [4.69, 9.17) is 15.2 Å². The number of thioether (sulfide) groups is 1. The predicted octanol–water partition coefficient (Wildman–Crippen LogP) is 3.13. The van der Waals surface area contributed by atoms with Crippen molar-refractivity contribution >= 4 is 24.2 Å². The minimum atomic E-state index is 0. The molecule has 0 saturated carbocycles. The fourth-order valence-electron chi connectivity index (χ4n) is 1.64. The molecule has 0 fully saturated rings. The largest absolute Gasteiger partial charge is 0.490 e. The maximum atomic E-state index is 5.67. The molecule has 104 valence electrons. The number of benzene rings is 1. The third kappa shape index (κ3) is 4.59. The number of halogens is 1. The second kappa shape index (κ2) is 9.36. The van der Waals surface area contributed by atoms with Crippen molar-refractivity contribution in [1.29, 1.82) is 0 Å². The Hall–Kier alpha value is -0.580. The molecular weight excluding hydrogens is 270 g/mol. The van der Waals surface area contributed by atoms with E-state index in [0.29, 0.717) is 19.8 Å². The van der Waals surface area contributed by atoms with Crippen LogP contribution in [0.25, 0.3) is 0 Å². The van der Waals surface area contributed by atoms with Crippen LogP contribution in [0.3, 0.4) is 0 Å². The third-order valence-corrected chi connectivity index (χ3v) is 3.07. The van der Waals surface area contributed by atoms with Crippen LogP contribution >= 0.6 is 24.2 Å². The normalized spacial score (nSPS) is 9.78. The lowest BCUT2D eigenvalue weighted by Gasteiger charge is -2.16. The Morgan fingerprint density at radius 3 is 2.33 bits per heavy atom. The van der Waals surface area contributed by atoms with E-state index in [1.54, 1.807) is 11.8 Å². The Kier molecular flexibility index (Phi) is 9.06. The molecule has 1 aromatic rings. The molecule has 0 amide bonds. The van der Waals surface area contributed by atoms with Crippen LogP contribution in [0.1, 0.15) is 19.4 Å². The molecular formula is C13H22ClNO2S. The lowest BCUT2D eigenvalue weighted by atomic mass is 10.1. The Balaban J connectivity index is 0.00000289. The first-order chi connectivity index (χ1) is 8.26. The second-order valence-corrected chi connectivity index (χ2v) is 4.38. The summed E-state index contributed by atoms with van der Waals surface area (Å²) in [5, 5.41) is 0. The van der Waals surface area contributed by atoms with E-state index >= 15 is 0 Å². The van der Waals surface area contributed by atoms with Crippen LogP contribution in [0.15, 0.2) is 17.0 Å². The SMILES string of the molecule is CCOc1cc(CCN)cc(SC)c1OCC.Cl. The van der Waals surface area contributed by atoms with Crippen LogP contribution < -0.4 is 15.2 Å². The van der Waals surface area contributed by atoms with Crippen molar-refractivity contribution in [3.8, 4) is 11.5 Å². The fourth-order valence-corrected chi connectivity index (χ4v) is 2.26. The molecule has 5 heteroatoms. The van der Waals surface area contributed by atoms with E-state index in [-0.39, 0.29) is 12.4 Å². The molecule has 0 aromatic heterocycles. The van der Waals surface area contributed by atoms with Crippen LogP contribution in [0.4, 0.5) is 0 Å². The van der Waals surface area contributed by atoms with Crippen molar-refractivity contribution < 1.29 is 9.47 Å². The molecule has 18 heavy (non-hydrogen) atoms. The number of rotatable bonds is 7. The third-order valence-electron chi connectivity index (χ3n) is 2.32. The van der Waals surface area contributed by atoms with Crippen LogP contribution in [-0.4, -0.2) is 26.0 Å². The highest BCUT2D eigenvalue weighted by atomic mass is 35.5. The Morgan fingerprint density at radius 2 is 1.83 bits per heavy atom. The standard InChI is InChI=1S/C13H21NO2S.ClH/c1-4-15-11-8-10(6-7-14)9-12(17-3)13(11)16-5-2;/h8-9H,4-7,14H2,1-3H3;1H. The van der Waals surface area contributed by atoms with Gasteiger partial charge in [0, 0.05) is 0 Å². The van der Waals surface area contributed by atoms with E-state index < -0.39 is 0 Å². The Bertz CT molecular complexity index is 361. The van der Waals surface area contributed by atoms with Crippen molar-refractivity contribution in [2.75, 3.05) is 26.0 Å². The van der Waals surface area contributed by atoms with E-state index in [1.807, 2.05) is 26.2 Å². The minimum absolute atomic E-state index is 0. The average molecular weight is 292 g/mol. The summed E-state index contributed by atoms with van der Waals surface area (Å²) in [6.45, 7) is 5.88. The first kappa shape index (κ1) is 17.4. The summed E-state index contributed by atoms with van der Waals surface area (Å²) in [4.78, 5) is 1.11. The predicted molar refractivity (Wildman–Crippen MR) is 80.6 cm³/mol. The van der Waals surface area contributed by atoms with Gasteiger partial charge in [0.15, 0.2) is 11.5 Å². The minimum Gasteiger partial charge on any atom is -0.490 e. The quantitative estimate of drug-likeness (QED) is 0.784. The van der Waals surface area contributed by atoms with Crippen LogP contribution in [0, 0.1) is 0 Å². The van der Waals surface area contributed by atoms with E-state index in [9.17, 15) is 0 Å². The van der Waals surface area contributed by atoms with Crippen molar-refractivity contribution in [2.45, 2.75) is 25.2 Å². The number of hydrogen-bond acceptors (Lipinski definition) is 4. The summed E-state index contributed by atoms with van der Waals surface area (Å²) in [6.07, 6.45) is 2.90. The zero-order valence-corrected chi connectivity index (χ0v) is 12.8. The molecule has 0 aliphatic heterocycles.